The summed E-state index contributed by atoms with van der Waals surface area (Å²) < 4.78 is 27.5. The number of sulfonamides is 1. The molecule has 120 valence electrons. The molecule has 0 saturated heterocycles. The molecule has 0 amide bonds. The maximum absolute atomic E-state index is 12.5. The fourth-order valence-electron chi connectivity index (χ4n) is 1.85. The van der Waals surface area contributed by atoms with Crippen LogP contribution in [-0.4, -0.2) is 25.3 Å². The van der Waals surface area contributed by atoms with E-state index in [1.165, 1.54) is 31.2 Å². The highest BCUT2D eigenvalue weighted by Gasteiger charge is 2.20. The smallest absolute Gasteiger partial charge is 0.335 e. The van der Waals surface area contributed by atoms with Gasteiger partial charge in [0.05, 0.1) is 5.56 Å². The third kappa shape index (κ3) is 3.96. The number of Topliss-reactive ketones (excluding diaryl/α,β-unsaturated/α-hetero) is 1. The molecule has 0 aliphatic rings. The largest absolute Gasteiger partial charge is 0.478 e. The minimum atomic E-state index is -4.01. The molecule has 0 aliphatic heterocycles. The van der Waals surface area contributed by atoms with Crippen molar-refractivity contribution in [2.24, 2.45) is 0 Å². The summed E-state index contributed by atoms with van der Waals surface area (Å²) in [6, 6.07) is 9.74. The lowest BCUT2D eigenvalue weighted by atomic mass is 10.1. The second-order valence-electron chi connectivity index (χ2n) is 4.69. The van der Waals surface area contributed by atoms with Crippen LogP contribution in [0, 0.1) is 0 Å². The lowest BCUT2D eigenvalue weighted by Gasteiger charge is -2.11. The number of carboxylic acids is 1. The van der Waals surface area contributed by atoms with E-state index in [2.05, 4.69) is 20.7 Å². The Bertz CT molecular complexity index is 892. The van der Waals surface area contributed by atoms with Gasteiger partial charge in [0.1, 0.15) is 4.90 Å². The number of hydrogen-bond acceptors (Lipinski definition) is 4. The van der Waals surface area contributed by atoms with E-state index >= 15 is 0 Å². The van der Waals surface area contributed by atoms with Crippen molar-refractivity contribution >= 4 is 43.4 Å². The number of rotatable bonds is 5. The Morgan fingerprint density at radius 1 is 1.09 bits per heavy atom. The fourth-order valence-corrected chi connectivity index (χ4v) is 3.89. The summed E-state index contributed by atoms with van der Waals surface area (Å²) in [4.78, 5) is 22.2. The van der Waals surface area contributed by atoms with Crippen LogP contribution in [0.25, 0.3) is 0 Å². The monoisotopic (exact) mass is 397 g/mol. The van der Waals surface area contributed by atoms with E-state index in [9.17, 15) is 18.0 Å². The Kier molecular flexibility index (Phi) is 4.86. The van der Waals surface area contributed by atoms with Gasteiger partial charge >= 0.3 is 5.97 Å². The molecule has 0 unspecified atom stereocenters. The summed E-state index contributed by atoms with van der Waals surface area (Å²) in [5, 5.41) is 8.99. The number of aromatic carboxylic acids is 1. The minimum absolute atomic E-state index is 0.147. The average Bonchev–Trinajstić information content (AvgIpc) is 2.47. The van der Waals surface area contributed by atoms with Gasteiger partial charge in [-0.25, -0.2) is 13.2 Å². The summed E-state index contributed by atoms with van der Waals surface area (Å²) in [6.07, 6.45) is 0. The van der Waals surface area contributed by atoms with Crippen molar-refractivity contribution in [3.8, 4) is 0 Å². The molecule has 23 heavy (non-hydrogen) atoms. The highest BCUT2D eigenvalue weighted by molar-refractivity contribution is 9.10. The van der Waals surface area contributed by atoms with E-state index < -0.39 is 16.0 Å². The fraction of sp³-hybridized carbons (Fsp3) is 0.0667. The molecule has 0 radical (unpaired) electrons. The van der Waals surface area contributed by atoms with Gasteiger partial charge in [0, 0.05) is 15.7 Å². The van der Waals surface area contributed by atoms with Crippen molar-refractivity contribution in [3.63, 3.8) is 0 Å². The van der Waals surface area contributed by atoms with E-state index in [1.807, 2.05) is 0 Å². The van der Waals surface area contributed by atoms with Crippen LogP contribution in [0.5, 0.6) is 0 Å². The summed E-state index contributed by atoms with van der Waals surface area (Å²) in [7, 11) is -4.01. The lowest BCUT2D eigenvalue weighted by Crippen LogP contribution is -2.14. The number of carbonyl (C=O) groups excluding carboxylic acids is 1. The van der Waals surface area contributed by atoms with Gasteiger partial charge in [-0.1, -0.05) is 12.1 Å². The van der Waals surface area contributed by atoms with Crippen molar-refractivity contribution in [2.75, 3.05) is 4.72 Å². The third-order valence-electron chi connectivity index (χ3n) is 2.99. The SMILES string of the molecule is CC(=O)c1cccc(NS(=O)(=O)c2cc(C(=O)O)ccc2Br)c1. The Morgan fingerprint density at radius 3 is 2.39 bits per heavy atom. The summed E-state index contributed by atoms with van der Waals surface area (Å²) in [5.74, 6) is -1.42. The lowest BCUT2D eigenvalue weighted by molar-refractivity contribution is 0.0696. The highest BCUT2D eigenvalue weighted by atomic mass is 79.9. The molecule has 2 N–H and O–H groups in total. The van der Waals surface area contributed by atoms with Gasteiger partial charge in [-0.15, -0.1) is 0 Å². The first kappa shape index (κ1) is 17.2. The first-order chi connectivity index (χ1) is 10.7. The molecular weight excluding hydrogens is 386 g/mol. The number of ketones is 1. The number of carboxylic acid groups (broad SMARTS) is 1. The zero-order valence-electron chi connectivity index (χ0n) is 11.9. The number of hydrogen-bond donors (Lipinski definition) is 2. The van der Waals surface area contributed by atoms with Crippen molar-refractivity contribution in [1.82, 2.24) is 0 Å². The van der Waals surface area contributed by atoms with Gasteiger partial charge < -0.3 is 5.11 Å². The average molecular weight is 398 g/mol. The van der Waals surface area contributed by atoms with Crippen molar-refractivity contribution < 1.29 is 23.1 Å². The van der Waals surface area contributed by atoms with Gasteiger partial charge in [0.15, 0.2) is 5.78 Å². The van der Waals surface area contributed by atoms with Crippen LogP contribution in [0.2, 0.25) is 0 Å². The topological polar surface area (TPSA) is 101 Å². The van der Waals surface area contributed by atoms with Crippen LogP contribution >= 0.6 is 15.9 Å². The number of carbonyl (C=O) groups is 2. The normalized spacial score (nSPS) is 11.0. The maximum Gasteiger partial charge on any atom is 0.335 e. The first-order valence-corrected chi connectivity index (χ1v) is 8.65. The number of halogens is 1. The van der Waals surface area contributed by atoms with E-state index in [0.29, 0.717) is 5.56 Å². The second kappa shape index (κ2) is 6.51. The molecule has 0 saturated carbocycles. The second-order valence-corrected chi connectivity index (χ2v) is 7.20. The van der Waals surface area contributed by atoms with Gasteiger partial charge in [-0.2, -0.15) is 0 Å². The molecule has 0 fully saturated rings. The molecule has 0 heterocycles. The standard InChI is InChI=1S/C15H12BrNO5S/c1-9(18)10-3-2-4-12(7-10)17-23(21,22)14-8-11(15(19)20)5-6-13(14)16/h2-8,17H,1H3,(H,19,20). The van der Waals surface area contributed by atoms with Crippen LogP contribution < -0.4 is 4.72 Å². The van der Waals surface area contributed by atoms with Crippen molar-refractivity contribution in [2.45, 2.75) is 11.8 Å². The van der Waals surface area contributed by atoms with Crippen LogP contribution in [0.4, 0.5) is 5.69 Å². The Hall–Kier alpha value is -2.19. The number of benzene rings is 2. The molecule has 8 heteroatoms. The highest BCUT2D eigenvalue weighted by Crippen LogP contribution is 2.26. The van der Waals surface area contributed by atoms with Crippen molar-refractivity contribution in [1.29, 1.82) is 0 Å². The predicted octanol–water partition coefficient (Wildman–Crippen LogP) is 3.15. The Balaban J connectivity index is 2.43. The van der Waals surface area contributed by atoms with Crippen LogP contribution in [0.15, 0.2) is 51.8 Å². The Morgan fingerprint density at radius 2 is 1.78 bits per heavy atom. The zero-order valence-corrected chi connectivity index (χ0v) is 14.3. The van der Waals surface area contributed by atoms with Crippen LogP contribution in [0.1, 0.15) is 27.6 Å². The maximum atomic E-state index is 12.5. The molecule has 0 bridgehead atoms. The molecule has 2 rings (SSSR count). The molecule has 0 atom stereocenters. The first-order valence-electron chi connectivity index (χ1n) is 6.37. The molecule has 2 aromatic carbocycles. The molecule has 0 aliphatic carbocycles. The minimum Gasteiger partial charge on any atom is -0.478 e. The molecule has 0 spiro atoms. The van der Waals surface area contributed by atoms with Gasteiger partial charge in [-0.05, 0) is 53.2 Å². The Labute approximate surface area is 141 Å². The molecule has 6 nitrogen and oxygen atoms in total. The predicted molar refractivity (Wildman–Crippen MR) is 88.4 cm³/mol. The van der Waals surface area contributed by atoms with Crippen LogP contribution in [-0.2, 0) is 10.0 Å². The van der Waals surface area contributed by atoms with E-state index in [4.69, 9.17) is 5.11 Å². The number of anilines is 1. The zero-order chi connectivity index (χ0) is 17.2. The van der Waals surface area contributed by atoms with E-state index in [0.717, 1.165) is 6.07 Å². The van der Waals surface area contributed by atoms with Crippen molar-refractivity contribution in [3.05, 3.63) is 58.1 Å². The van der Waals surface area contributed by atoms with E-state index in [1.54, 1.807) is 12.1 Å². The molecule has 2 aromatic rings. The summed E-state index contributed by atoms with van der Waals surface area (Å²) in [5.41, 5.74) is 0.431. The van der Waals surface area contributed by atoms with Crippen LogP contribution in [0.3, 0.4) is 0 Å². The number of nitrogens with one attached hydrogen (secondary N) is 1. The van der Waals surface area contributed by atoms with Gasteiger partial charge in [0.25, 0.3) is 10.0 Å². The quantitative estimate of drug-likeness (QED) is 0.754. The molecule has 0 aromatic heterocycles. The molecular formula is C15H12BrNO5S. The van der Waals surface area contributed by atoms with Gasteiger partial charge in [0.2, 0.25) is 0 Å². The summed E-state index contributed by atoms with van der Waals surface area (Å²) >= 11 is 3.10. The summed E-state index contributed by atoms with van der Waals surface area (Å²) in [6.45, 7) is 1.38. The van der Waals surface area contributed by atoms with E-state index in [-0.39, 0.29) is 26.4 Å². The third-order valence-corrected chi connectivity index (χ3v) is 5.36. The van der Waals surface area contributed by atoms with Gasteiger partial charge in [-0.3, -0.25) is 9.52 Å².